The Hall–Kier alpha value is -2.56. The molecule has 0 aromatic carbocycles. The third-order valence-electron chi connectivity index (χ3n) is 14.8. The van der Waals surface area contributed by atoms with Crippen LogP contribution in [0.15, 0.2) is 0 Å². The number of carboxylic acids is 2. The van der Waals surface area contributed by atoms with E-state index in [4.69, 9.17) is 94.1 Å². The van der Waals surface area contributed by atoms with Crippen LogP contribution >= 0.6 is 0 Å². The molecule has 11 N–H and O–H groups in total. The molecular formula is C41H69NO45S6. The first-order valence-corrected chi connectivity index (χ1v) is 34.7. The van der Waals surface area contributed by atoms with Gasteiger partial charge in [-0.25, -0.2) is 34.7 Å². The Morgan fingerprint density at radius 1 is 0.473 bits per heavy atom. The lowest BCUT2D eigenvalue weighted by Gasteiger charge is -2.57. The Balaban J connectivity index is 1.43. The number of carboxylic acid groups (broad SMARTS) is 2. The molecule has 46 nitrogen and oxygen atoms in total. The minimum atomic E-state index is -6.16. The summed E-state index contributed by atoms with van der Waals surface area (Å²) in [6, 6.07) is -1.74. The molecule has 0 saturated carbocycles. The van der Waals surface area contributed by atoms with Crippen molar-refractivity contribution in [1.29, 1.82) is 0 Å². The number of aliphatic carboxylic acids is 2. The van der Waals surface area contributed by atoms with Crippen molar-refractivity contribution in [1.82, 2.24) is 0 Å². The first kappa shape index (κ1) is 79.4. The molecule has 7 aliphatic heterocycles. The molecule has 25 atom stereocenters. The van der Waals surface area contributed by atoms with Gasteiger partial charge in [0, 0.05) is 42.2 Å². The fourth-order valence-corrected chi connectivity index (χ4v) is 13.3. The lowest BCUT2D eigenvalue weighted by molar-refractivity contribution is -0.429. The summed E-state index contributed by atoms with van der Waals surface area (Å²) in [7, 11) is -29.6. The third kappa shape index (κ3) is 19.5. The van der Waals surface area contributed by atoms with Crippen molar-refractivity contribution in [2.75, 3.05) is 68.6 Å². The van der Waals surface area contributed by atoms with Crippen molar-refractivity contribution in [2.45, 2.75) is 179 Å². The van der Waals surface area contributed by atoms with E-state index in [1.807, 2.05) is 0 Å². The number of nitrogens with two attached hydrogens (primary N) is 1. The predicted molar refractivity (Wildman–Crippen MR) is 282 cm³/mol. The van der Waals surface area contributed by atoms with E-state index in [0.29, 0.717) is 6.42 Å². The van der Waals surface area contributed by atoms with E-state index in [9.17, 15) is 103 Å². The van der Waals surface area contributed by atoms with E-state index in [-0.39, 0.29) is 6.61 Å². The average molecular weight is 1490 g/mol. The highest BCUT2D eigenvalue weighted by Gasteiger charge is 2.70. The van der Waals surface area contributed by atoms with Crippen molar-refractivity contribution in [3.8, 4) is 0 Å². The van der Waals surface area contributed by atoms with Crippen LogP contribution in [0, 0.1) is 0 Å². The van der Waals surface area contributed by atoms with Crippen molar-refractivity contribution in [3.63, 3.8) is 0 Å². The number of ether oxygens (including phenoxy) is 16. The Kier molecular flexibility index (Phi) is 26.8. The second kappa shape index (κ2) is 31.3. The summed E-state index contributed by atoms with van der Waals surface area (Å²) < 4.78 is 326. The maximum Gasteiger partial charge on any atom is 0.397 e. The van der Waals surface area contributed by atoms with E-state index < -0.39 is 260 Å². The highest BCUT2D eigenvalue weighted by atomic mass is 32.3. The smallest absolute Gasteiger partial charge is 0.397 e. The summed E-state index contributed by atoms with van der Waals surface area (Å²) >= 11 is 0. The maximum absolute atomic E-state index is 13.7. The second-order valence-electron chi connectivity index (χ2n) is 20.5. The van der Waals surface area contributed by atoms with Crippen molar-refractivity contribution in [2.24, 2.45) is 5.73 Å². The van der Waals surface area contributed by atoms with Gasteiger partial charge in [0.25, 0.3) is 0 Å². The molecule has 7 heterocycles. The summed E-state index contributed by atoms with van der Waals surface area (Å²) in [6.07, 6.45) is -49.3. The highest BCUT2D eigenvalue weighted by molar-refractivity contribution is 7.82. The number of fused-ring (bicyclic) bond motifs is 3. The molecule has 0 radical (unpaired) electrons. The van der Waals surface area contributed by atoms with Gasteiger partial charge in [-0.1, -0.05) is 13.8 Å². The van der Waals surface area contributed by atoms with Crippen LogP contribution in [0.1, 0.15) is 26.7 Å². The first-order chi connectivity index (χ1) is 42.9. The molecule has 0 amide bonds. The van der Waals surface area contributed by atoms with Gasteiger partial charge in [-0.2, -0.15) is 50.5 Å². The number of methoxy groups -OCH3 is 5. The van der Waals surface area contributed by atoms with Gasteiger partial charge in [0.05, 0.1) is 32.5 Å². The SMILES string of the molecule is CCCO[C@H]1[C@H](O)[C@@H](N)[C@@H](O[C@H]2[C@H](OC)[C@@H](OC)[C@H](O[C@H]3[C@H](OS(=O)(=O)O)[C@@H](OS(=O)(=O)O)[C@@H](O[C@H]4[C@@H](OC)[C@@H]5OC[C@@]4(C(=O)O)O[C@H]5O[C@H]4[C@H](OC)[C@@H](OS(=O)(=O)O)[C@@H](OC)O[C@@H]4COS(=O)(=O)O)O[C@@H]3COS(=O)(=O)O)O[C@]2(CC)C(=O)O)O[C@@H]1COS(=O)(=O)O. The van der Waals surface area contributed by atoms with Crippen molar-refractivity contribution >= 4 is 74.3 Å². The highest BCUT2D eigenvalue weighted by Crippen LogP contribution is 2.47. The molecule has 0 unspecified atom stereocenters. The summed E-state index contributed by atoms with van der Waals surface area (Å²) in [5.74, 6) is -4.15. The van der Waals surface area contributed by atoms with Gasteiger partial charge in [-0.05, 0) is 12.8 Å². The molecule has 0 aromatic rings. The zero-order valence-electron chi connectivity index (χ0n) is 49.0. The van der Waals surface area contributed by atoms with Gasteiger partial charge >= 0.3 is 74.3 Å². The zero-order chi connectivity index (χ0) is 69.9. The van der Waals surface area contributed by atoms with Gasteiger partial charge in [0.2, 0.25) is 5.60 Å². The van der Waals surface area contributed by atoms with E-state index in [1.165, 1.54) is 0 Å². The molecule has 7 saturated heterocycles. The Labute approximate surface area is 529 Å². The third-order valence-corrected chi connectivity index (χ3v) is 17.5. The molecule has 7 aliphatic rings. The van der Waals surface area contributed by atoms with E-state index in [1.54, 1.807) is 6.92 Å². The topological polar surface area (TPSA) is 650 Å². The summed E-state index contributed by atoms with van der Waals surface area (Å²) in [4.78, 5) is 27.4. The van der Waals surface area contributed by atoms with E-state index in [2.05, 4.69) is 12.5 Å². The molecule has 52 heteroatoms. The summed E-state index contributed by atoms with van der Waals surface area (Å²) in [5, 5.41) is 33.5. The van der Waals surface area contributed by atoms with Crippen LogP contribution < -0.4 is 5.73 Å². The first-order valence-electron chi connectivity index (χ1n) is 26.5. The molecule has 0 spiro atoms. The standard InChI is InChI=1S/C41H69NO45S6/c1-8-10-71-20-15(11-73-88(48,49)50)76-33(18(42)19(20)43)81-31-25(67-4)27(69-6)36(83-40(31,9-2)38(44)45)80-22-17(13-75-90(54,55)56)78-35(30(87-93(63,64)65)24(22)85-91(57,58)59)82-32-26(68-5)28-37(84-41(32,14-72-28)39(46)47)79-21-16(12-74-89(51,52)53)77-34(70-7)29(23(21)66-3)86-92(60,61)62/h15-37,43H,8-14,42H2,1-7H3,(H,44,45)(H,46,47)(H,48,49,50)(H,51,52,53)(H,54,55,56)(H,57,58,59)(H,60,61,62)(H,63,64,65)/t15-,16-,17-,18-,19-,20-,21-,22-,23+,24+,25-,26+,27-,28+,29-,30-,31+,32+,33-,34+,35-,36-,37-,40+,41-/m1/s1. The normalized spacial score (nSPS) is 39.8. The lowest BCUT2D eigenvalue weighted by Crippen LogP contribution is -2.78. The van der Waals surface area contributed by atoms with E-state index in [0.717, 1.165) is 42.5 Å². The van der Waals surface area contributed by atoms with E-state index >= 15 is 0 Å². The number of hydrogen-bond acceptors (Lipinski definition) is 38. The van der Waals surface area contributed by atoms with Gasteiger partial charge in [-0.15, -0.1) is 0 Å². The molecule has 0 aliphatic carbocycles. The second-order valence-corrected chi connectivity index (χ2v) is 26.9. The van der Waals surface area contributed by atoms with Crippen LogP contribution in [0.25, 0.3) is 0 Å². The van der Waals surface area contributed by atoms with Crippen molar-refractivity contribution in [3.05, 3.63) is 0 Å². The Morgan fingerprint density at radius 2 is 0.914 bits per heavy atom. The average Bonchev–Trinajstić information content (AvgIpc) is 0.725. The summed E-state index contributed by atoms with van der Waals surface area (Å²) in [5.41, 5.74) is 0.215. The molecule has 2 bridgehead atoms. The molecule has 7 fully saturated rings. The van der Waals surface area contributed by atoms with Crippen LogP contribution in [0.4, 0.5) is 0 Å². The number of hydrogen-bond donors (Lipinski definition) is 10. The quantitative estimate of drug-likeness (QED) is 0.0268. The van der Waals surface area contributed by atoms with Gasteiger partial charge < -0.3 is 96.8 Å². The Bertz CT molecular complexity index is 3240. The van der Waals surface area contributed by atoms with Gasteiger partial charge in [0.15, 0.2) is 49.3 Å². The molecule has 93 heavy (non-hydrogen) atoms. The van der Waals surface area contributed by atoms with Crippen LogP contribution in [0.2, 0.25) is 0 Å². The van der Waals surface area contributed by atoms with Crippen LogP contribution in [-0.2, 0) is 173 Å². The maximum atomic E-state index is 13.7. The van der Waals surface area contributed by atoms with Crippen LogP contribution in [0.5, 0.6) is 0 Å². The van der Waals surface area contributed by atoms with Gasteiger partial charge in [-0.3, -0.25) is 27.3 Å². The summed E-state index contributed by atoms with van der Waals surface area (Å²) in [6.45, 7) is -2.53. The fourth-order valence-electron chi connectivity index (χ4n) is 10.9. The Morgan fingerprint density at radius 3 is 1.35 bits per heavy atom. The lowest BCUT2D eigenvalue weighted by atomic mass is 9.83. The molecule has 7 rings (SSSR count). The van der Waals surface area contributed by atoms with Crippen molar-refractivity contribution < 1.29 is 204 Å². The number of aliphatic hydroxyl groups excluding tert-OH is 1. The minimum absolute atomic E-state index is 0.0893. The van der Waals surface area contributed by atoms with Crippen LogP contribution in [-0.4, -0.2) is 326 Å². The number of carbonyl (C=O) groups is 2. The monoisotopic (exact) mass is 1490 g/mol. The number of rotatable bonds is 34. The van der Waals surface area contributed by atoms with Crippen LogP contribution in [0.3, 0.4) is 0 Å². The molecular weight excluding hydrogens is 1420 g/mol. The molecule has 544 valence electrons. The zero-order valence-corrected chi connectivity index (χ0v) is 53.9. The van der Waals surface area contributed by atoms with Gasteiger partial charge in [0.1, 0.15) is 91.6 Å². The fraction of sp³-hybridized carbons (Fsp3) is 0.951. The predicted octanol–water partition coefficient (Wildman–Crippen LogP) is -6.92. The minimum Gasteiger partial charge on any atom is -0.479 e. The largest absolute Gasteiger partial charge is 0.479 e. The number of aliphatic hydroxyl groups is 1. The molecule has 0 aromatic heterocycles.